The number of nitrogens with zero attached hydrogens (tertiary/aromatic N) is 1. The highest BCUT2D eigenvalue weighted by atomic mass is 35.5. The highest BCUT2D eigenvalue weighted by molar-refractivity contribution is 6.30. The molecule has 1 aromatic heterocycles. The van der Waals surface area contributed by atoms with Gasteiger partial charge < -0.3 is 19.2 Å². The molecule has 0 radical (unpaired) electrons. The quantitative estimate of drug-likeness (QED) is 0.350. The van der Waals surface area contributed by atoms with Crippen LogP contribution < -0.4 is 10.4 Å². The van der Waals surface area contributed by atoms with Crippen LogP contribution in [0, 0.1) is 5.92 Å². The third-order valence-electron chi connectivity index (χ3n) is 8.32. The van der Waals surface area contributed by atoms with E-state index in [1.54, 1.807) is 19.1 Å². The number of aliphatic hydroxyl groups is 1. The topological polar surface area (TPSA) is 80.0 Å². The van der Waals surface area contributed by atoms with Gasteiger partial charge >= 0.3 is 5.63 Å². The molecule has 38 heavy (non-hydrogen) atoms. The highest BCUT2D eigenvalue weighted by Gasteiger charge is 2.50. The summed E-state index contributed by atoms with van der Waals surface area (Å²) in [6.45, 7) is 4.33. The molecule has 202 valence electrons. The number of piperidine rings is 1. The molecule has 0 spiro atoms. The van der Waals surface area contributed by atoms with Crippen molar-refractivity contribution in [2.24, 2.45) is 5.92 Å². The average Bonchev–Trinajstić information content (AvgIpc) is 2.90. The summed E-state index contributed by atoms with van der Waals surface area (Å²) in [7, 11) is 0. The molecule has 1 amide bonds. The number of fused-ring (bicyclic) bond motifs is 2. The molecule has 7 heteroatoms. The molecular weight excluding hydrogens is 502 g/mol. The van der Waals surface area contributed by atoms with Crippen molar-refractivity contribution < 1.29 is 19.1 Å². The molecule has 1 saturated carbocycles. The Morgan fingerprint density at radius 3 is 2.74 bits per heavy atom. The second kappa shape index (κ2) is 11.1. The molecule has 3 aromatic rings. The predicted molar refractivity (Wildman–Crippen MR) is 149 cm³/mol. The van der Waals surface area contributed by atoms with Gasteiger partial charge in [0.05, 0.1) is 11.6 Å². The van der Waals surface area contributed by atoms with Gasteiger partial charge in [0.25, 0.3) is 5.91 Å². The maximum absolute atomic E-state index is 13.8. The van der Waals surface area contributed by atoms with Crippen LogP contribution in [-0.2, 0) is 11.2 Å². The van der Waals surface area contributed by atoms with Gasteiger partial charge in [-0.1, -0.05) is 49.9 Å². The molecule has 1 saturated heterocycles. The van der Waals surface area contributed by atoms with E-state index in [1.165, 1.54) is 0 Å². The normalized spacial score (nSPS) is 24.2. The molecular formula is C31H36ClNO5. The lowest BCUT2D eigenvalue weighted by atomic mass is 9.66. The first-order valence-electron chi connectivity index (χ1n) is 13.8. The zero-order valence-corrected chi connectivity index (χ0v) is 22.9. The fourth-order valence-electron chi connectivity index (χ4n) is 6.35. The van der Waals surface area contributed by atoms with Crippen molar-refractivity contribution in [3.63, 3.8) is 0 Å². The van der Waals surface area contributed by atoms with E-state index >= 15 is 0 Å². The number of carbonyl (C=O) groups excluding carboxylic acids is 1. The number of ether oxygens (including phenoxy) is 1. The maximum atomic E-state index is 13.8. The van der Waals surface area contributed by atoms with Crippen molar-refractivity contribution >= 4 is 28.5 Å². The minimum atomic E-state index is -0.769. The van der Waals surface area contributed by atoms with Crippen LogP contribution in [0.2, 0.25) is 5.02 Å². The van der Waals surface area contributed by atoms with Crippen molar-refractivity contribution in [1.29, 1.82) is 0 Å². The summed E-state index contributed by atoms with van der Waals surface area (Å²) in [6, 6.07) is 14.3. The Hall–Kier alpha value is -2.83. The van der Waals surface area contributed by atoms with Crippen molar-refractivity contribution in [3.8, 4) is 5.75 Å². The Kier molecular flexibility index (Phi) is 7.83. The van der Waals surface area contributed by atoms with Gasteiger partial charge in [-0.05, 0) is 74.4 Å². The van der Waals surface area contributed by atoms with Crippen molar-refractivity contribution in [2.45, 2.75) is 83.0 Å². The number of amides is 1. The summed E-state index contributed by atoms with van der Waals surface area (Å²) < 4.78 is 11.6. The van der Waals surface area contributed by atoms with Gasteiger partial charge in [0.2, 0.25) is 0 Å². The van der Waals surface area contributed by atoms with Crippen LogP contribution in [0.1, 0.15) is 76.0 Å². The molecule has 6 nitrogen and oxygen atoms in total. The number of likely N-dealkylation sites (tertiary alicyclic amines) is 1. The van der Waals surface area contributed by atoms with Crippen LogP contribution in [0.4, 0.5) is 0 Å². The van der Waals surface area contributed by atoms with E-state index in [0.717, 1.165) is 61.5 Å². The van der Waals surface area contributed by atoms with E-state index in [9.17, 15) is 14.7 Å². The number of hydrogen-bond acceptors (Lipinski definition) is 5. The minimum absolute atomic E-state index is 0.0428. The second-order valence-electron chi connectivity index (χ2n) is 10.8. The summed E-state index contributed by atoms with van der Waals surface area (Å²) in [5.74, 6) is 0.304. The van der Waals surface area contributed by atoms with Crippen molar-refractivity contribution in [3.05, 3.63) is 75.1 Å². The standard InChI is InChI=1S/C31H36ClNO5/c1-3-4-7-22-18-28(34)38-27-19-24(13-14-25(22)27)37-20(2)30(35)33-17-16-31(36)15-6-5-8-26(31)29(33)21-9-11-23(32)12-10-21/h9-14,18-20,26,29,36H,3-8,15-17H2,1-2H3/t20?,26?,29-,31?/m0/s1. The summed E-state index contributed by atoms with van der Waals surface area (Å²) >= 11 is 6.16. The first-order valence-corrected chi connectivity index (χ1v) is 14.2. The lowest BCUT2D eigenvalue weighted by Crippen LogP contribution is -2.58. The SMILES string of the molecule is CCCCc1cc(=O)oc2cc(OC(C)C(=O)N3CCC4(O)CCCCC4[C@@H]3c3ccc(Cl)cc3)ccc12. The average molecular weight is 538 g/mol. The van der Waals surface area contributed by atoms with E-state index in [1.807, 2.05) is 41.3 Å². The fraction of sp³-hybridized carbons (Fsp3) is 0.484. The van der Waals surface area contributed by atoms with E-state index in [4.69, 9.17) is 20.8 Å². The van der Waals surface area contributed by atoms with Crippen LogP contribution in [0.5, 0.6) is 5.75 Å². The molecule has 2 heterocycles. The lowest BCUT2D eigenvalue weighted by molar-refractivity contribution is -0.161. The maximum Gasteiger partial charge on any atom is 0.336 e. The summed E-state index contributed by atoms with van der Waals surface area (Å²) in [5.41, 5.74) is 1.25. The zero-order chi connectivity index (χ0) is 26.9. The molecule has 4 atom stereocenters. The molecule has 2 aromatic carbocycles. The number of halogens is 1. The number of carbonyl (C=O) groups is 1. The predicted octanol–water partition coefficient (Wildman–Crippen LogP) is 6.45. The number of aryl methyl sites for hydroxylation is 1. The fourth-order valence-corrected chi connectivity index (χ4v) is 6.47. The Balaban J connectivity index is 1.40. The van der Waals surface area contributed by atoms with E-state index in [0.29, 0.717) is 29.3 Å². The molecule has 2 aliphatic rings. The number of rotatable bonds is 7. The smallest absolute Gasteiger partial charge is 0.336 e. The molecule has 1 aliphatic carbocycles. The lowest BCUT2D eigenvalue weighted by Gasteiger charge is -2.53. The van der Waals surface area contributed by atoms with Crippen molar-refractivity contribution in [2.75, 3.05) is 6.54 Å². The number of benzene rings is 2. The monoisotopic (exact) mass is 537 g/mol. The van der Waals surface area contributed by atoms with Crippen LogP contribution in [0.25, 0.3) is 11.0 Å². The van der Waals surface area contributed by atoms with Gasteiger partial charge in [0.15, 0.2) is 6.10 Å². The van der Waals surface area contributed by atoms with E-state index in [2.05, 4.69) is 6.92 Å². The summed E-state index contributed by atoms with van der Waals surface area (Å²) in [5, 5.41) is 13.0. The third-order valence-corrected chi connectivity index (χ3v) is 8.58. The van der Waals surface area contributed by atoms with Crippen LogP contribution in [-0.4, -0.2) is 34.2 Å². The third kappa shape index (κ3) is 5.34. The molecule has 2 fully saturated rings. The van der Waals surface area contributed by atoms with Gasteiger partial charge in [0, 0.05) is 35.0 Å². The van der Waals surface area contributed by atoms with E-state index in [-0.39, 0.29) is 23.5 Å². The summed E-state index contributed by atoms with van der Waals surface area (Å²) in [4.78, 5) is 27.9. The van der Waals surface area contributed by atoms with Crippen LogP contribution in [0.15, 0.2) is 57.7 Å². The Morgan fingerprint density at radius 2 is 1.97 bits per heavy atom. The molecule has 0 bridgehead atoms. The molecule has 3 unspecified atom stereocenters. The van der Waals surface area contributed by atoms with E-state index < -0.39 is 11.7 Å². The Morgan fingerprint density at radius 1 is 1.18 bits per heavy atom. The van der Waals surface area contributed by atoms with Gasteiger partial charge in [-0.3, -0.25) is 4.79 Å². The number of hydrogen-bond donors (Lipinski definition) is 1. The first-order chi connectivity index (χ1) is 18.3. The number of unbranched alkanes of at least 4 members (excludes halogenated alkanes) is 1. The Labute approximate surface area is 228 Å². The van der Waals surface area contributed by atoms with Crippen LogP contribution in [0.3, 0.4) is 0 Å². The van der Waals surface area contributed by atoms with Gasteiger partial charge in [-0.2, -0.15) is 0 Å². The zero-order valence-electron chi connectivity index (χ0n) is 22.1. The summed E-state index contributed by atoms with van der Waals surface area (Å²) in [6.07, 6.45) is 6.30. The molecule has 1 aliphatic heterocycles. The minimum Gasteiger partial charge on any atom is -0.481 e. The second-order valence-corrected chi connectivity index (χ2v) is 11.3. The highest BCUT2D eigenvalue weighted by Crippen LogP contribution is 2.49. The Bertz CT molecular complexity index is 1350. The van der Waals surface area contributed by atoms with Gasteiger partial charge in [-0.25, -0.2) is 4.79 Å². The van der Waals surface area contributed by atoms with Crippen LogP contribution >= 0.6 is 11.6 Å². The largest absolute Gasteiger partial charge is 0.481 e. The molecule has 1 N–H and O–H groups in total. The van der Waals surface area contributed by atoms with Crippen molar-refractivity contribution in [1.82, 2.24) is 4.90 Å². The van der Waals surface area contributed by atoms with Gasteiger partial charge in [0.1, 0.15) is 11.3 Å². The van der Waals surface area contributed by atoms with Gasteiger partial charge in [-0.15, -0.1) is 0 Å². The molecule has 5 rings (SSSR count). The first kappa shape index (κ1) is 26.8.